The zero-order valence-corrected chi connectivity index (χ0v) is 11.4. The molecule has 0 rings (SSSR count). The second-order valence-corrected chi connectivity index (χ2v) is 6.02. The molecule has 0 aromatic rings. The fourth-order valence-electron chi connectivity index (χ4n) is 1.59. The van der Waals surface area contributed by atoms with Crippen molar-refractivity contribution < 1.29 is 8.42 Å². The lowest BCUT2D eigenvalue weighted by molar-refractivity contribution is 0.341. The molecule has 0 aliphatic carbocycles. The summed E-state index contributed by atoms with van der Waals surface area (Å²) in [6.45, 7) is 6.03. The van der Waals surface area contributed by atoms with Crippen LogP contribution in [0.15, 0.2) is 0 Å². The van der Waals surface area contributed by atoms with Gasteiger partial charge in [-0.15, -0.1) is 11.6 Å². The smallest absolute Gasteiger partial charge is 0.212 e. The predicted octanol–water partition coefficient (Wildman–Crippen LogP) is 2.50. The van der Waals surface area contributed by atoms with E-state index in [1.54, 1.807) is 0 Å². The maximum absolute atomic E-state index is 11.7. The van der Waals surface area contributed by atoms with Crippen LogP contribution in [0.1, 0.15) is 46.5 Å². The van der Waals surface area contributed by atoms with Crippen LogP contribution in [0.3, 0.4) is 0 Å². The summed E-state index contributed by atoms with van der Waals surface area (Å²) in [7, 11) is -3.17. The molecule has 0 unspecified atom stereocenters. The summed E-state index contributed by atoms with van der Waals surface area (Å²) in [5, 5.41) is 0. The lowest BCUT2D eigenvalue weighted by atomic mass is 9.91. The zero-order valence-electron chi connectivity index (χ0n) is 9.85. The van der Waals surface area contributed by atoms with Gasteiger partial charge in [-0.1, -0.05) is 20.8 Å². The molecule has 15 heavy (non-hydrogen) atoms. The second-order valence-electron chi connectivity index (χ2n) is 3.80. The summed E-state index contributed by atoms with van der Waals surface area (Å²) in [5.41, 5.74) is -0.273. The molecule has 0 aliphatic heterocycles. The van der Waals surface area contributed by atoms with Crippen molar-refractivity contribution in [2.45, 2.75) is 52.0 Å². The minimum atomic E-state index is -3.17. The maximum atomic E-state index is 11.7. The van der Waals surface area contributed by atoms with Crippen LogP contribution in [-0.2, 0) is 10.0 Å². The molecular weight excluding hydrogens is 234 g/mol. The average Bonchev–Trinajstić information content (AvgIpc) is 2.23. The number of halogens is 1. The Morgan fingerprint density at radius 2 is 1.60 bits per heavy atom. The first kappa shape index (κ1) is 15.2. The Morgan fingerprint density at radius 1 is 1.13 bits per heavy atom. The van der Waals surface area contributed by atoms with E-state index in [0.29, 0.717) is 12.3 Å². The van der Waals surface area contributed by atoms with Gasteiger partial charge in [-0.2, -0.15) is 0 Å². The van der Waals surface area contributed by atoms with Crippen LogP contribution in [0, 0.1) is 0 Å². The molecule has 0 aliphatic rings. The van der Waals surface area contributed by atoms with E-state index in [9.17, 15) is 8.42 Å². The molecule has 0 amide bonds. The number of rotatable bonds is 8. The molecule has 0 saturated heterocycles. The Balaban J connectivity index is 4.52. The largest absolute Gasteiger partial charge is 0.212 e. The van der Waals surface area contributed by atoms with Gasteiger partial charge in [0.25, 0.3) is 0 Å². The van der Waals surface area contributed by atoms with E-state index in [1.165, 1.54) is 0 Å². The molecule has 1 N–H and O–H groups in total. The van der Waals surface area contributed by atoms with Gasteiger partial charge in [-0.25, -0.2) is 13.1 Å². The minimum absolute atomic E-state index is 0.123. The van der Waals surface area contributed by atoms with Crippen LogP contribution in [-0.4, -0.2) is 25.6 Å². The molecule has 92 valence electrons. The van der Waals surface area contributed by atoms with Gasteiger partial charge in [-0.3, -0.25) is 0 Å². The van der Waals surface area contributed by atoms with Gasteiger partial charge in [0.15, 0.2) is 0 Å². The first-order chi connectivity index (χ1) is 6.95. The van der Waals surface area contributed by atoms with Gasteiger partial charge in [0, 0.05) is 11.4 Å². The van der Waals surface area contributed by atoms with Gasteiger partial charge in [0.2, 0.25) is 10.0 Å². The quantitative estimate of drug-likeness (QED) is 0.678. The molecular formula is C10H22ClNO2S. The van der Waals surface area contributed by atoms with Gasteiger partial charge in [-0.05, 0) is 25.7 Å². The Morgan fingerprint density at radius 3 is 1.93 bits per heavy atom. The zero-order chi connectivity index (χ0) is 11.9. The topological polar surface area (TPSA) is 46.2 Å². The van der Waals surface area contributed by atoms with Gasteiger partial charge in [0.1, 0.15) is 0 Å². The highest BCUT2D eigenvalue weighted by atomic mass is 35.5. The predicted molar refractivity (Wildman–Crippen MR) is 65.9 cm³/mol. The minimum Gasteiger partial charge on any atom is -0.212 e. The number of hydrogen-bond acceptors (Lipinski definition) is 2. The van der Waals surface area contributed by atoms with E-state index in [-0.39, 0.29) is 11.3 Å². The normalized spacial score (nSPS) is 13.1. The monoisotopic (exact) mass is 255 g/mol. The lowest BCUT2D eigenvalue weighted by Gasteiger charge is -2.31. The van der Waals surface area contributed by atoms with Crippen molar-refractivity contribution in [1.29, 1.82) is 0 Å². The van der Waals surface area contributed by atoms with Crippen molar-refractivity contribution in [3.05, 3.63) is 0 Å². The highest BCUT2D eigenvalue weighted by Gasteiger charge is 2.28. The van der Waals surface area contributed by atoms with Crippen molar-refractivity contribution in [3.63, 3.8) is 0 Å². The number of alkyl halides is 1. The fourth-order valence-corrected chi connectivity index (χ4v) is 3.60. The van der Waals surface area contributed by atoms with E-state index in [2.05, 4.69) is 4.72 Å². The third kappa shape index (κ3) is 5.18. The molecule has 0 spiro atoms. The summed E-state index contributed by atoms with van der Waals surface area (Å²) in [6, 6.07) is 0. The first-order valence-corrected chi connectivity index (χ1v) is 7.71. The van der Waals surface area contributed by atoms with Crippen LogP contribution in [0.25, 0.3) is 0 Å². The molecule has 0 fully saturated rings. The van der Waals surface area contributed by atoms with Crippen LogP contribution in [0.4, 0.5) is 0 Å². The van der Waals surface area contributed by atoms with E-state index in [0.717, 1.165) is 19.3 Å². The van der Waals surface area contributed by atoms with Crippen LogP contribution in [0.2, 0.25) is 0 Å². The lowest BCUT2D eigenvalue weighted by Crippen LogP contribution is -2.47. The first-order valence-electron chi connectivity index (χ1n) is 5.53. The molecule has 0 atom stereocenters. The molecule has 0 radical (unpaired) electrons. The van der Waals surface area contributed by atoms with E-state index >= 15 is 0 Å². The van der Waals surface area contributed by atoms with Crippen molar-refractivity contribution in [3.8, 4) is 0 Å². The fraction of sp³-hybridized carbons (Fsp3) is 1.00. The molecule has 3 nitrogen and oxygen atoms in total. The van der Waals surface area contributed by atoms with E-state index in [1.807, 2.05) is 20.8 Å². The van der Waals surface area contributed by atoms with Gasteiger partial charge < -0.3 is 0 Å². The number of hydrogen-bond donors (Lipinski definition) is 1. The molecule has 5 heteroatoms. The summed E-state index contributed by atoms with van der Waals surface area (Å²) >= 11 is 5.49. The van der Waals surface area contributed by atoms with E-state index < -0.39 is 10.0 Å². The van der Waals surface area contributed by atoms with Crippen molar-refractivity contribution in [1.82, 2.24) is 4.72 Å². The highest BCUT2D eigenvalue weighted by molar-refractivity contribution is 7.89. The van der Waals surface area contributed by atoms with Crippen LogP contribution >= 0.6 is 11.6 Å². The van der Waals surface area contributed by atoms with E-state index in [4.69, 9.17) is 11.6 Å². The van der Waals surface area contributed by atoms with Crippen molar-refractivity contribution >= 4 is 21.6 Å². The standard InChI is InChI=1S/C10H22ClNO2S/c1-4-10(5-2,6-3)12-15(13,14)9-7-8-11/h12H,4-9H2,1-3H3. The SMILES string of the molecule is CCC(CC)(CC)NS(=O)(=O)CCCCl. The summed E-state index contributed by atoms with van der Waals surface area (Å²) in [5.74, 6) is 0.510. The van der Waals surface area contributed by atoms with Crippen molar-refractivity contribution in [2.24, 2.45) is 0 Å². The second kappa shape index (κ2) is 6.71. The van der Waals surface area contributed by atoms with Gasteiger partial charge in [0.05, 0.1) is 5.75 Å². The summed E-state index contributed by atoms with van der Waals surface area (Å²) in [6.07, 6.45) is 2.96. The third-order valence-corrected chi connectivity index (χ3v) is 4.79. The number of nitrogens with one attached hydrogen (secondary N) is 1. The third-order valence-electron chi connectivity index (χ3n) is 2.95. The molecule has 0 heterocycles. The summed E-state index contributed by atoms with van der Waals surface area (Å²) < 4.78 is 26.2. The highest BCUT2D eigenvalue weighted by Crippen LogP contribution is 2.20. The Hall–Kier alpha value is 0.200. The number of sulfonamides is 1. The average molecular weight is 256 g/mol. The Labute approximate surface area is 98.6 Å². The molecule has 0 aromatic carbocycles. The van der Waals surface area contributed by atoms with Crippen molar-refractivity contribution in [2.75, 3.05) is 11.6 Å². The molecule has 0 bridgehead atoms. The Kier molecular flexibility index (Phi) is 6.80. The summed E-state index contributed by atoms with van der Waals surface area (Å²) in [4.78, 5) is 0. The molecule has 0 aromatic heterocycles. The van der Waals surface area contributed by atoms with Crippen LogP contribution < -0.4 is 4.72 Å². The van der Waals surface area contributed by atoms with Gasteiger partial charge >= 0.3 is 0 Å². The maximum Gasteiger partial charge on any atom is 0.212 e. The molecule has 0 saturated carbocycles. The van der Waals surface area contributed by atoms with Crippen LogP contribution in [0.5, 0.6) is 0 Å². The Bertz CT molecular complexity index is 252.